The number of carbonyl (C=O) groups excluding carboxylic acids is 2. The lowest BCUT2D eigenvalue weighted by Gasteiger charge is -2.18. The Bertz CT molecular complexity index is 655. The molecule has 1 fully saturated rings. The third-order valence-corrected chi connectivity index (χ3v) is 5.46. The lowest BCUT2D eigenvalue weighted by molar-refractivity contribution is -0.128. The second-order valence-corrected chi connectivity index (χ2v) is 7.02. The van der Waals surface area contributed by atoms with Crippen LogP contribution in [0.3, 0.4) is 0 Å². The summed E-state index contributed by atoms with van der Waals surface area (Å²) in [4.78, 5) is 25.9. The van der Waals surface area contributed by atoms with Crippen LogP contribution >= 0.6 is 11.8 Å². The van der Waals surface area contributed by atoms with Crippen LogP contribution in [0.15, 0.2) is 48.6 Å². The zero-order valence-electron chi connectivity index (χ0n) is 13.0. The first-order valence-corrected chi connectivity index (χ1v) is 8.44. The number of hydrogen-bond donors (Lipinski definition) is 0. The van der Waals surface area contributed by atoms with Gasteiger partial charge in [-0.15, -0.1) is 0 Å². The van der Waals surface area contributed by atoms with Gasteiger partial charge in [-0.1, -0.05) is 36.4 Å². The number of nitrogens with zero attached hydrogens (tertiary/aromatic N) is 1. The van der Waals surface area contributed by atoms with Crippen molar-refractivity contribution in [2.24, 2.45) is 0 Å². The van der Waals surface area contributed by atoms with Crippen molar-refractivity contribution < 1.29 is 14.3 Å². The Morgan fingerprint density at radius 2 is 1.87 bits per heavy atom. The van der Waals surface area contributed by atoms with Gasteiger partial charge < -0.3 is 4.74 Å². The molecular formula is C18H19NO3S. The first-order valence-electron chi connectivity index (χ1n) is 7.62. The molecule has 1 aliphatic carbocycles. The topological polar surface area (TPSA) is 46.6 Å². The molecule has 0 saturated carbocycles. The number of benzene rings is 1. The van der Waals surface area contributed by atoms with Gasteiger partial charge in [0.05, 0.1) is 7.11 Å². The number of hydrogen-bond acceptors (Lipinski definition) is 4. The number of allylic oxidation sites excluding steroid dienone is 3. The van der Waals surface area contributed by atoms with Gasteiger partial charge in [0.1, 0.15) is 10.5 Å². The molecule has 4 nitrogen and oxygen atoms in total. The first-order chi connectivity index (χ1) is 11.1. The molecule has 2 aliphatic rings. The number of amides is 2. The molecule has 5 heteroatoms. The first kappa shape index (κ1) is 15.9. The Kier molecular flexibility index (Phi) is 4.57. The van der Waals surface area contributed by atoms with Crippen molar-refractivity contribution in [1.82, 2.24) is 4.90 Å². The summed E-state index contributed by atoms with van der Waals surface area (Å²) in [7, 11) is 1.64. The van der Waals surface area contributed by atoms with Crippen LogP contribution in [-0.2, 0) is 11.2 Å². The lowest BCUT2D eigenvalue weighted by atomic mass is 10.0. The summed E-state index contributed by atoms with van der Waals surface area (Å²) in [6.07, 6.45) is 9.94. The molecule has 0 aromatic heterocycles. The Morgan fingerprint density at radius 1 is 1.17 bits per heavy atom. The number of thioether (sulfide) groups is 1. The third-order valence-electron chi connectivity index (χ3n) is 4.17. The zero-order chi connectivity index (χ0) is 16.3. The monoisotopic (exact) mass is 329 g/mol. The summed E-state index contributed by atoms with van der Waals surface area (Å²) in [6, 6.07) is 7.85. The number of rotatable bonds is 5. The van der Waals surface area contributed by atoms with Crippen molar-refractivity contribution >= 4 is 22.9 Å². The van der Waals surface area contributed by atoms with E-state index >= 15 is 0 Å². The van der Waals surface area contributed by atoms with E-state index in [1.165, 1.54) is 16.7 Å². The number of carbonyl (C=O) groups is 2. The van der Waals surface area contributed by atoms with Crippen LogP contribution in [0.25, 0.3) is 0 Å². The molecule has 1 aliphatic heterocycles. The van der Waals surface area contributed by atoms with Crippen LogP contribution in [0.1, 0.15) is 18.4 Å². The van der Waals surface area contributed by atoms with E-state index in [9.17, 15) is 9.59 Å². The predicted octanol–water partition coefficient (Wildman–Crippen LogP) is 3.58. The minimum Gasteiger partial charge on any atom is -0.497 e. The highest BCUT2D eigenvalue weighted by Crippen LogP contribution is 2.45. The van der Waals surface area contributed by atoms with E-state index in [-0.39, 0.29) is 11.1 Å². The Labute approximate surface area is 140 Å². The molecule has 1 spiro atoms. The van der Waals surface area contributed by atoms with Crippen LogP contribution in [0.4, 0.5) is 4.79 Å². The zero-order valence-corrected chi connectivity index (χ0v) is 13.8. The molecule has 0 unspecified atom stereocenters. The summed E-state index contributed by atoms with van der Waals surface area (Å²) in [6.45, 7) is 0.350. The standard InChI is InChI=1S/C18H19NO3S/c1-22-15-9-7-14(8-10-15)6-2-5-13-19-16(20)18(23-17(19)21)11-3-4-12-18/h2-5,7-10H,6,11-13H2,1H3/b5-2+. The second kappa shape index (κ2) is 6.62. The molecule has 0 N–H and O–H groups in total. The van der Waals surface area contributed by atoms with Crippen LogP contribution in [0.2, 0.25) is 0 Å². The van der Waals surface area contributed by atoms with Gasteiger partial charge in [-0.3, -0.25) is 14.5 Å². The third kappa shape index (κ3) is 3.20. The van der Waals surface area contributed by atoms with Gasteiger partial charge in [0, 0.05) is 6.54 Å². The molecule has 1 heterocycles. The van der Waals surface area contributed by atoms with Crippen molar-refractivity contribution in [3.05, 3.63) is 54.1 Å². The maximum Gasteiger partial charge on any atom is 0.289 e. The number of imide groups is 1. The number of methoxy groups -OCH3 is 1. The smallest absolute Gasteiger partial charge is 0.289 e. The van der Waals surface area contributed by atoms with Crippen LogP contribution < -0.4 is 4.74 Å². The fourth-order valence-corrected chi connectivity index (χ4v) is 3.96. The highest BCUT2D eigenvalue weighted by atomic mass is 32.2. The molecule has 0 radical (unpaired) electrons. The average molecular weight is 329 g/mol. The second-order valence-electron chi connectivity index (χ2n) is 5.68. The normalized spacial score (nSPS) is 19.4. The predicted molar refractivity (Wildman–Crippen MR) is 91.6 cm³/mol. The maximum atomic E-state index is 12.5. The van der Waals surface area contributed by atoms with Gasteiger partial charge in [-0.2, -0.15) is 0 Å². The maximum absolute atomic E-state index is 12.5. The van der Waals surface area contributed by atoms with Crippen LogP contribution in [-0.4, -0.2) is 34.4 Å². The Morgan fingerprint density at radius 3 is 2.52 bits per heavy atom. The quantitative estimate of drug-likeness (QED) is 0.775. The molecule has 2 amide bonds. The van der Waals surface area contributed by atoms with E-state index in [1.54, 1.807) is 7.11 Å². The molecule has 3 rings (SSSR count). The molecule has 1 aromatic rings. The van der Waals surface area contributed by atoms with E-state index < -0.39 is 4.75 Å². The van der Waals surface area contributed by atoms with Gasteiger partial charge in [0.25, 0.3) is 5.24 Å². The minimum absolute atomic E-state index is 0.0494. The van der Waals surface area contributed by atoms with Crippen molar-refractivity contribution in [3.63, 3.8) is 0 Å². The van der Waals surface area contributed by atoms with Gasteiger partial charge in [-0.25, -0.2) is 0 Å². The Balaban J connectivity index is 1.55. The highest BCUT2D eigenvalue weighted by molar-refractivity contribution is 8.16. The van der Waals surface area contributed by atoms with Crippen LogP contribution in [0, 0.1) is 0 Å². The van der Waals surface area contributed by atoms with E-state index in [4.69, 9.17) is 4.74 Å². The molecule has 1 saturated heterocycles. The lowest BCUT2D eigenvalue weighted by Crippen LogP contribution is -2.38. The molecule has 23 heavy (non-hydrogen) atoms. The fourth-order valence-electron chi connectivity index (χ4n) is 2.80. The van der Waals surface area contributed by atoms with Gasteiger partial charge in [0.2, 0.25) is 5.91 Å². The van der Waals surface area contributed by atoms with E-state index in [2.05, 4.69) is 0 Å². The average Bonchev–Trinajstić information content (AvgIpc) is 3.12. The molecule has 1 aromatic carbocycles. The summed E-state index contributed by atoms with van der Waals surface area (Å²) in [5, 5.41) is -0.132. The van der Waals surface area contributed by atoms with E-state index in [0.29, 0.717) is 19.4 Å². The molecular weight excluding hydrogens is 310 g/mol. The van der Waals surface area contributed by atoms with Crippen molar-refractivity contribution in [2.45, 2.75) is 24.0 Å². The Hall–Kier alpha value is -2.01. The van der Waals surface area contributed by atoms with Crippen molar-refractivity contribution in [1.29, 1.82) is 0 Å². The van der Waals surface area contributed by atoms with Crippen molar-refractivity contribution in [2.75, 3.05) is 13.7 Å². The summed E-state index contributed by atoms with van der Waals surface area (Å²) in [5.41, 5.74) is 1.16. The molecule has 0 atom stereocenters. The van der Waals surface area contributed by atoms with E-state index in [0.717, 1.165) is 17.7 Å². The van der Waals surface area contributed by atoms with Gasteiger partial charge in [0.15, 0.2) is 0 Å². The molecule has 120 valence electrons. The fraction of sp³-hybridized carbons (Fsp3) is 0.333. The van der Waals surface area contributed by atoms with E-state index in [1.807, 2.05) is 48.6 Å². The van der Waals surface area contributed by atoms with Crippen molar-refractivity contribution in [3.8, 4) is 5.75 Å². The summed E-state index contributed by atoms with van der Waals surface area (Å²) < 4.78 is 4.57. The van der Waals surface area contributed by atoms with Gasteiger partial charge in [-0.05, 0) is 48.7 Å². The largest absolute Gasteiger partial charge is 0.497 e. The van der Waals surface area contributed by atoms with Crippen LogP contribution in [0.5, 0.6) is 5.75 Å². The summed E-state index contributed by atoms with van der Waals surface area (Å²) in [5.74, 6) is 0.782. The SMILES string of the molecule is COc1ccc(C/C=C/CN2C(=O)SC3(CC=CC3)C2=O)cc1. The minimum atomic E-state index is -0.555. The number of ether oxygens (including phenoxy) is 1. The highest BCUT2D eigenvalue weighted by Gasteiger charge is 2.52. The van der Waals surface area contributed by atoms with Gasteiger partial charge >= 0.3 is 0 Å². The molecule has 0 bridgehead atoms. The summed E-state index contributed by atoms with van der Waals surface area (Å²) >= 11 is 1.18.